The van der Waals surface area contributed by atoms with Crippen LogP contribution < -0.4 is 10.6 Å². The number of nitrogens with one attached hydrogen (secondary N) is 3. The Bertz CT molecular complexity index is 1050. The zero-order chi connectivity index (χ0) is 23.0. The van der Waals surface area contributed by atoms with Gasteiger partial charge in [0, 0.05) is 17.5 Å². The number of hydrogen-bond acceptors (Lipinski definition) is 3. The van der Waals surface area contributed by atoms with E-state index in [-0.39, 0.29) is 22.3 Å². The van der Waals surface area contributed by atoms with E-state index < -0.39 is 0 Å². The van der Waals surface area contributed by atoms with Crippen LogP contribution in [0.1, 0.15) is 83.4 Å². The molecule has 0 spiro atoms. The number of aromatic amines is 1. The molecule has 3 N–H and O–H groups in total. The molecule has 0 aliphatic rings. The van der Waals surface area contributed by atoms with Crippen LogP contribution in [0.5, 0.6) is 0 Å². The molecule has 0 saturated heterocycles. The molecule has 0 bridgehead atoms. The van der Waals surface area contributed by atoms with E-state index in [4.69, 9.17) is 0 Å². The average molecular weight is 424 g/mol. The van der Waals surface area contributed by atoms with E-state index in [1.54, 1.807) is 6.20 Å². The Morgan fingerprint density at radius 2 is 1.68 bits per heavy atom. The number of imidazole rings is 1. The number of fused-ring (bicyclic) bond motifs is 1. The Morgan fingerprint density at radius 1 is 1.03 bits per heavy atom. The highest BCUT2D eigenvalue weighted by Gasteiger charge is 2.31. The van der Waals surface area contributed by atoms with E-state index in [9.17, 15) is 4.79 Å². The fourth-order valence-electron chi connectivity index (χ4n) is 4.31. The predicted octanol–water partition coefficient (Wildman–Crippen LogP) is 5.52. The molecule has 3 rings (SSSR count). The molecule has 0 aliphatic carbocycles. The summed E-state index contributed by atoms with van der Waals surface area (Å²) in [6.45, 7) is 18.1. The molecule has 6 nitrogen and oxygen atoms in total. The number of nitrogens with zero attached hydrogens (tertiary/aromatic N) is 2. The predicted molar refractivity (Wildman–Crippen MR) is 128 cm³/mol. The molecule has 0 saturated carbocycles. The number of hydrogen-bond donors (Lipinski definition) is 3. The Hall–Kier alpha value is -2.76. The van der Waals surface area contributed by atoms with Crippen LogP contribution in [0.4, 0.5) is 5.82 Å². The molecule has 0 atom stereocenters. The second kappa shape index (κ2) is 8.06. The zero-order valence-electron chi connectivity index (χ0n) is 20.2. The van der Waals surface area contributed by atoms with Gasteiger partial charge in [0.2, 0.25) is 0 Å². The largest absolute Gasteiger partial charge is 0.364 e. The first-order valence-corrected chi connectivity index (χ1v) is 11.0. The van der Waals surface area contributed by atoms with Crippen molar-refractivity contribution in [2.75, 3.05) is 5.32 Å². The second-order valence-electron chi connectivity index (χ2n) is 11.3. The minimum Gasteiger partial charge on any atom is -0.364 e. The van der Waals surface area contributed by atoms with Gasteiger partial charge in [-0.2, -0.15) is 9.61 Å². The van der Waals surface area contributed by atoms with Gasteiger partial charge in [0.05, 0.1) is 11.9 Å². The minimum atomic E-state index is -0.144. The van der Waals surface area contributed by atoms with Gasteiger partial charge >= 0.3 is 0 Å². The van der Waals surface area contributed by atoms with E-state index in [1.807, 2.05) is 34.8 Å². The lowest BCUT2D eigenvalue weighted by atomic mass is 9.81. The van der Waals surface area contributed by atoms with E-state index >= 15 is 0 Å². The Morgan fingerprint density at radius 3 is 2.26 bits per heavy atom. The molecule has 0 unspecified atom stereocenters. The minimum absolute atomic E-state index is 0.138. The van der Waals surface area contributed by atoms with Crippen LogP contribution in [-0.2, 0) is 12.0 Å². The summed E-state index contributed by atoms with van der Waals surface area (Å²) in [6.07, 6.45) is 2.63. The molecule has 0 fully saturated rings. The third-order valence-electron chi connectivity index (χ3n) is 5.18. The quantitative estimate of drug-likeness (QED) is 0.489. The standard InChI is InChI=1S/C25H37N5O/c1-23(2,3)16-25(7,8)29-21-19(24(4,5)6)28-20-18(15-27-30(20)21)22(31)26-14-17-12-10-9-11-13-17/h9-13,15,28-29H,14,16H2,1-8H3,(H,26,31). The van der Waals surface area contributed by atoms with Crippen LogP contribution in [0.15, 0.2) is 36.5 Å². The van der Waals surface area contributed by atoms with Crippen molar-refractivity contribution < 1.29 is 4.79 Å². The smallest absolute Gasteiger partial charge is 0.256 e. The first kappa shape index (κ1) is 22.9. The third kappa shape index (κ3) is 5.49. The SMILES string of the molecule is CC(C)(C)CC(C)(C)Nc1c(C(C)(C)C)[nH]c2c(C(=O)NCc3ccccc3)cnn12. The van der Waals surface area contributed by atoms with Gasteiger partial charge < -0.3 is 15.6 Å². The van der Waals surface area contributed by atoms with Crippen LogP contribution in [0.2, 0.25) is 0 Å². The van der Waals surface area contributed by atoms with Gasteiger partial charge in [-0.25, -0.2) is 0 Å². The summed E-state index contributed by atoms with van der Waals surface area (Å²) in [4.78, 5) is 16.4. The van der Waals surface area contributed by atoms with Crippen molar-refractivity contribution in [1.82, 2.24) is 19.9 Å². The normalized spacial score (nSPS) is 12.9. The van der Waals surface area contributed by atoms with E-state index in [2.05, 4.69) is 76.1 Å². The van der Waals surface area contributed by atoms with Crippen LogP contribution in [-0.4, -0.2) is 26.0 Å². The fraction of sp³-hybridized carbons (Fsp3) is 0.520. The zero-order valence-corrected chi connectivity index (χ0v) is 20.2. The number of amides is 1. The van der Waals surface area contributed by atoms with Gasteiger partial charge in [-0.15, -0.1) is 0 Å². The number of H-pyrrole nitrogens is 1. The molecule has 1 aromatic carbocycles. The van der Waals surface area contributed by atoms with Gasteiger partial charge in [-0.1, -0.05) is 71.9 Å². The summed E-state index contributed by atoms with van der Waals surface area (Å²) >= 11 is 0. The number of benzene rings is 1. The Kier molecular flexibility index (Phi) is 5.96. The second-order valence-corrected chi connectivity index (χ2v) is 11.3. The van der Waals surface area contributed by atoms with Crippen LogP contribution in [0, 0.1) is 5.41 Å². The fourth-order valence-corrected chi connectivity index (χ4v) is 4.31. The van der Waals surface area contributed by atoms with Gasteiger partial charge in [0.1, 0.15) is 17.0 Å². The molecule has 168 valence electrons. The van der Waals surface area contributed by atoms with Crippen molar-refractivity contribution in [2.24, 2.45) is 5.41 Å². The summed E-state index contributed by atoms with van der Waals surface area (Å²) in [6, 6.07) is 9.91. The summed E-state index contributed by atoms with van der Waals surface area (Å²) in [7, 11) is 0. The van der Waals surface area contributed by atoms with E-state index in [0.717, 1.165) is 23.5 Å². The lowest BCUT2D eigenvalue weighted by Gasteiger charge is -2.34. The maximum absolute atomic E-state index is 12.9. The van der Waals surface area contributed by atoms with Crippen LogP contribution in [0.25, 0.3) is 5.65 Å². The number of aromatic nitrogens is 3. The molecule has 2 aromatic heterocycles. The average Bonchev–Trinajstić information content (AvgIpc) is 3.18. The summed E-state index contributed by atoms with van der Waals surface area (Å²) in [5, 5.41) is 11.3. The van der Waals surface area contributed by atoms with Gasteiger partial charge in [-0.3, -0.25) is 4.79 Å². The van der Waals surface area contributed by atoms with Crippen molar-refractivity contribution in [1.29, 1.82) is 0 Å². The molecule has 1 amide bonds. The van der Waals surface area contributed by atoms with Crippen molar-refractivity contribution in [3.63, 3.8) is 0 Å². The number of rotatable bonds is 6. The monoisotopic (exact) mass is 423 g/mol. The van der Waals surface area contributed by atoms with Gasteiger partial charge in [-0.05, 0) is 31.2 Å². The molecule has 3 aromatic rings. The number of carbonyl (C=O) groups excluding carboxylic acids is 1. The van der Waals surface area contributed by atoms with E-state index in [1.165, 1.54) is 0 Å². The van der Waals surface area contributed by atoms with E-state index in [0.29, 0.717) is 17.8 Å². The van der Waals surface area contributed by atoms with Crippen LogP contribution in [0.3, 0.4) is 0 Å². The third-order valence-corrected chi connectivity index (χ3v) is 5.18. The summed E-state index contributed by atoms with van der Waals surface area (Å²) in [5.41, 5.74) is 3.25. The van der Waals surface area contributed by atoms with Crippen molar-refractivity contribution in [2.45, 2.75) is 79.3 Å². The lowest BCUT2D eigenvalue weighted by Crippen LogP contribution is -2.36. The molecule has 2 heterocycles. The Balaban J connectivity index is 1.94. The first-order chi connectivity index (χ1) is 14.3. The first-order valence-electron chi connectivity index (χ1n) is 11.0. The molecule has 31 heavy (non-hydrogen) atoms. The maximum atomic E-state index is 12.9. The Labute approximate surface area is 185 Å². The highest BCUT2D eigenvalue weighted by atomic mass is 16.1. The van der Waals surface area contributed by atoms with Crippen molar-refractivity contribution in [3.05, 3.63) is 53.3 Å². The molecule has 0 aliphatic heterocycles. The highest BCUT2D eigenvalue weighted by molar-refractivity contribution is 6.00. The molecule has 6 heteroatoms. The highest BCUT2D eigenvalue weighted by Crippen LogP contribution is 2.35. The molecule has 0 radical (unpaired) electrons. The lowest BCUT2D eigenvalue weighted by molar-refractivity contribution is 0.0952. The summed E-state index contributed by atoms with van der Waals surface area (Å²) in [5.74, 6) is 0.778. The number of carbonyl (C=O) groups is 1. The van der Waals surface area contributed by atoms with Gasteiger partial charge in [0.25, 0.3) is 5.91 Å². The van der Waals surface area contributed by atoms with Crippen molar-refractivity contribution >= 4 is 17.4 Å². The van der Waals surface area contributed by atoms with Gasteiger partial charge in [0.15, 0.2) is 0 Å². The molecular formula is C25H37N5O. The maximum Gasteiger partial charge on any atom is 0.256 e. The van der Waals surface area contributed by atoms with Crippen molar-refractivity contribution in [3.8, 4) is 0 Å². The summed E-state index contributed by atoms with van der Waals surface area (Å²) < 4.78 is 1.84. The molecular weight excluding hydrogens is 386 g/mol. The number of anilines is 1. The topological polar surface area (TPSA) is 74.2 Å². The van der Waals surface area contributed by atoms with Crippen LogP contribution >= 0.6 is 0 Å².